The van der Waals surface area contributed by atoms with Crippen molar-refractivity contribution in [3.8, 4) is 11.5 Å². The summed E-state index contributed by atoms with van der Waals surface area (Å²) in [5, 5.41) is 14.6. The number of Topliss-reactive ketones (excluding diaryl/α,β-unsaturated/α-hetero) is 1. The van der Waals surface area contributed by atoms with Crippen LogP contribution in [0.2, 0.25) is 0 Å². The number of nitrogens with zero attached hydrogens (tertiary/aromatic N) is 1. The Balaban J connectivity index is 0.000000234. The van der Waals surface area contributed by atoms with E-state index in [0.29, 0.717) is 6.21 Å². The van der Waals surface area contributed by atoms with Gasteiger partial charge in [0.25, 0.3) is 17.6 Å². The summed E-state index contributed by atoms with van der Waals surface area (Å²) in [4.78, 5) is 33.1. The quantitative estimate of drug-likeness (QED) is 0.202. The number of fused-ring (bicyclic) bond motifs is 1. The van der Waals surface area contributed by atoms with Crippen LogP contribution in [0.4, 0.5) is 37.7 Å². The van der Waals surface area contributed by atoms with Crippen LogP contribution in [0.15, 0.2) is 47.6 Å². The van der Waals surface area contributed by atoms with Crippen molar-refractivity contribution in [3.63, 3.8) is 0 Å². The van der Waals surface area contributed by atoms with Crippen molar-refractivity contribution < 1.29 is 55.4 Å². The van der Waals surface area contributed by atoms with Crippen LogP contribution in [0.5, 0.6) is 11.5 Å². The molecule has 3 N–H and O–H groups in total. The highest BCUT2D eigenvalue weighted by Crippen LogP contribution is 2.36. The number of halogens is 6. The van der Waals surface area contributed by atoms with Crippen molar-refractivity contribution in [2.45, 2.75) is 12.7 Å². The molecule has 0 aliphatic carbocycles. The van der Waals surface area contributed by atoms with Crippen molar-refractivity contribution in [1.29, 1.82) is 0 Å². The Morgan fingerprint density at radius 1 is 0.939 bits per heavy atom. The highest BCUT2D eigenvalue weighted by Gasteiger charge is 2.36. The predicted molar refractivity (Wildman–Crippen MR) is 98.1 cm³/mol. The zero-order chi connectivity index (χ0) is 24.8. The summed E-state index contributed by atoms with van der Waals surface area (Å²) in [7, 11) is 0. The van der Waals surface area contributed by atoms with E-state index in [2.05, 4.69) is 19.9 Å². The minimum Gasteiger partial charge on any atom is -0.411 e. The lowest BCUT2D eigenvalue weighted by atomic mass is 10.1. The van der Waals surface area contributed by atoms with Gasteiger partial charge in [-0.3, -0.25) is 14.4 Å². The third-order valence-corrected chi connectivity index (χ3v) is 3.49. The molecule has 9 nitrogen and oxygen atoms in total. The number of ether oxygens (including phenoxy) is 2. The van der Waals surface area contributed by atoms with Gasteiger partial charge in [-0.1, -0.05) is 23.4 Å². The molecule has 1 aliphatic rings. The number of alkyl halides is 6. The van der Waals surface area contributed by atoms with E-state index in [9.17, 15) is 40.7 Å². The third-order valence-electron chi connectivity index (χ3n) is 3.49. The van der Waals surface area contributed by atoms with Crippen LogP contribution in [0, 0.1) is 0 Å². The van der Waals surface area contributed by atoms with Crippen molar-refractivity contribution in [2.75, 3.05) is 10.6 Å². The zero-order valence-corrected chi connectivity index (χ0v) is 15.8. The molecule has 0 fully saturated rings. The second-order valence-corrected chi connectivity index (χ2v) is 5.79. The molecule has 0 unspecified atom stereocenters. The number of para-hydroxylation sites is 3. The molecule has 0 atom stereocenters. The van der Waals surface area contributed by atoms with E-state index in [0.717, 1.165) is 12.1 Å². The molecule has 0 spiro atoms. The lowest BCUT2D eigenvalue weighted by Gasteiger charge is -2.12. The normalized spacial score (nSPS) is 13.0. The molecule has 3 rings (SSSR count). The second kappa shape index (κ2) is 9.88. The van der Waals surface area contributed by atoms with Gasteiger partial charge in [-0.25, -0.2) is 0 Å². The number of nitrogens with one attached hydrogen (secondary N) is 2. The van der Waals surface area contributed by atoms with Gasteiger partial charge in [0.15, 0.2) is 11.5 Å². The SMILES string of the molecule is O=C(/C=N\O)Nc1ccccc1OC(F)(F)F.O=C1Nc2c(OC(F)(F)F)cccc2C1=O. The Bertz CT molecular complexity index is 1080. The highest BCUT2D eigenvalue weighted by atomic mass is 19.4. The maximum absolute atomic E-state index is 12.0. The van der Waals surface area contributed by atoms with Crippen molar-refractivity contribution in [3.05, 3.63) is 48.0 Å². The molecule has 1 heterocycles. The number of amides is 2. The summed E-state index contributed by atoms with van der Waals surface area (Å²) in [5.41, 5.74) is -0.545. The van der Waals surface area contributed by atoms with Gasteiger partial charge < -0.3 is 25.3 Å². The van der Waals surface area contributed by atoms with Gasteiger partial charge in [0.1, 0.15) is 6.21 Å². The van der Waals surface area contributed by atoms with E-state index < -0.39 is 41.8 Å². The lowest BCUT2D eigenvalue weighted by molar-refractivity contribution is -0.275. The number of carbonyl (C=O) groups excluding carboxylic acids is 3. The Labute approximate surface area is 179 Å². The minimum atomic E-state index is -4.87. The van der Waals surface area contributed by atoms with Crippen molar-refractivity contribution in [1.82, 2.24) is 0 Å². The summed E-state index contributed by atoms with van der Waals surface area (Å²) in [5.74, 6) is -3.87. The first-order valence-electron chi connectivity index (χ1n) is 8.38. The molecular weight excluding hydrogens is 468 g/mol. The molecule has 33 heavy (non-hydrogen) atoms. The largest absolute Gasteiger partial charge is 0.573 e. The smallest absolute Gasteiger partial charge is 0.411 e. The topological polar surface area (TPSA) is 126 Å². The zero-order valence-electron chi connectivity index (χ0n) is 15.8. The van der Waals surface area contributed by atoms with E-state index in [1.165, 1.54) is 30.3 Å². The van der Waals surface area contributed by atoms with Crippen LogP contribution in [0.3, 0.4) is 0 Å². The molecule has 0 saturated heterocycles. The second-order valence-electron chi connectivity index (χ2n) is 5.79. The molecule has 15 heteroatoms. The number of hydrogen-bond acceptors (Lipinski definition) is 7. The number of ketones is 1. The molecule has 2 aromatic rings. The number of oxime groups is 1. The summed E-state index contributed by atoms with van der Waals surface area (Å²) < 4.78 is 79.3. The average molecular weight is 479 g/mol. The fourth-order valence-electron chi connectivity index (χ4n) is 2.35. The Kier molecular flexibility index (Phi) is 7.48. The average Bonchev–Trinajstić information content (AvgIpc) is 2.97. The fraction of sp³-hybridized carbons (Fsp3) is 0.111. The highest BCUT2D eigenvalue weighted by molar-refractivity contribution is 6.52. The minimum absolute atomic E-state index is 0.119. The standard InChI is InChI=1S/C9H7F3N2O3.C9H4F3NO3/c10-9(11,12)17-7-4-2-1-3-6(7)14-8(15)5-13-16;10-9(11,12)16-5-3-1-2-4-6(5)13-8(15)7(4)14/h1-5,16H,(H,14,15);1-3H,(H,13,14,15)/b13-5-;. The number of anilines is 2. The molecule has 0 saturated carbocycles. The van der Waals surface area contributed by atoms with Gasteiger partial charge >= 0.3 is 12.7 Å². The van der Waals surface area contributed by atoms with Crippen LogP contribution in [0.25, 0.3) is 0 Å². The van der Waals surface area contributed by atoms with E-state index in [1.807, 2.05) is 5.32 Å². The van der Waals surface area contributed by atoms with Gasteiger partial charge in [0.05, 0.1) is 16.9 Å². The molecular formula is C18H11F6N3O6. The van der Waals surface area contributed by atoms with Crippen LogP contribution in [-0.2, 0) is 9.59 Å². The fourth-order valence-corrected chi connectivity index (χ4v) is 2.35. The van der Waals surface area contributed by atoms with E-state index in [1.54, 1.807) is 0 Å². The maximum Gasteiger partial charge on any atom is 0.573 e. The number of rotatable bonds is 4. The molecule has 0 aromatic heterocycles. The molecule has 2 amide bonds. The molecule has 0 radical (unpaired) electrons. The first kappa shape index (κ1) is 25.0. The van der Waals surface area contributed by atoms with Gasteiger partial charge in [-0.2, -0.15) is 0 Å². The van der Waals surface area contributed by atoms with E-state index in [4.69, 9.17) is 5.21 Å². The number of benzene rings is 2. The van der Waals surface area contributed by atoms with Crippen LogP contribution < -0.4 is 20.1 Å². The van der Waals surface area contributed by atoms with Gasteiger partial charge in [0.2, 0.25) is 0 Å². The maximum atomic E-state index is 12.0. The number of carbonyl (C=O) groups is 3. The summed E-state index contributed by atoms with van der Waals surface area (Å²) >= 11 is 0. The number of hydrogen-bond donors (Lipinski definition) is 3. The lowest BCUT2D eigenvalue weighted by Crippen LogP contribution is -2.19. The monoisotopic (exact) mass is 479 g/mol. The first-order chi connectivity index (χ1) is 15.3. The summed E-state index contributed by atoms with van der Waals surface area (Å²) in [6.07, 6.45) is -9.22. The predicted octanol–water partition coefficient (Wildman–Crippen LogP) is 3.70. The van der Waals surface area contributed by atoms with E-state index in [-0.39, 0.29) is 16.9 Å². The molecule has 2 aromatic carbocycles. The summed E-state index contributed by atoms with van der Waals surface area (Å²) in [6.45, 7) is 0. The van der Waals surface area contributed by atoms with Crippen LogP contribution in [-0.4, -0.2) is 41.7 Å². The molecule has 176 valence electrons. The van der Waals surface area contributed by atoms with Gasteiger partial charge in [-0.15, -0.1) is 26.3 Å². The Morgan fingerprint density at radius 2 is 1.52 bits per heavy atom. The molecule has 1 aliphatic heterocycles. The van der Waals surface area contributed by atoms with Crippen LogP contribution >= 0.6 is 0 Å². The molecule has 0 bridgehead atoms. The third kappa shape index (κ3) is 7.41. The van der Waals surface area contributed by atoms with E-state index >= 15 is 0 Å². The van der Waals surface area contributed by atoms with Crippen molar-refractivity contribution >= 4 is 35.2 Å². The van der Waals surface area contributed by atoms with Gasteiger partial charge in [0, 0.05) is 0 Å². The summed E-state index contributed by atoms with van der Waals surface area (Å²) in [6, 6.07) is 8.46. The van der Waals surface area contributed by atoms with Gasteiger partial charge in [-0.05, 0) is 24.3 Å². The van der Waals surface area contributed by atoms with Crippen LogP contribution in [0.1, 0.15) is 10.4 Å². The Morgan fingerprint density at radius 3 is 2.12 bits per heavy atom. The Hall–Kier alpha value is -4.30. The first-order valence-corrected chi connectivity index (χ1v) is 8.38. The van der Waals surface area contributed by atoms with Crippen molar-refractivity contribution in [2.24, 2.45) is 5.16 Å².